The fourth-order valence-corrected chi connectivity index (χ4v) is 3.75. The van der Waals surface area contributed by atoms with Crippen molar-refractivity contribution in [2.24, 2.45) is 7.05 Å². The first-order chi connectivity index (χ1) is 11.9. The van der Waals surface area contributed by atoms with Gasteiger partial charge in [-0.2, -0.15) is 5.10 Å². The highest BCUT2D eigenvalue weighted by Gasteiger charge is 2.15. The third-order valence-electron chi connectivity index (χ3n) is 3.69. The molecular weight excluding hydrogens is 404 g/mol. The second-order valence-corrected chi connectivity index (χ2v) is 7.55. The fraction of sp³-hybridized carbons (Fsp3) is 0.235. The molecule has 0 radical (unpaired) electrons. The van der Waals surface area contributed by atoms with E-state index in [9.17, 15) is 9.59 Å². The number of hydrogen-bond acceptors (Lipinski definition) is 4. The number of thiophene rings is 1. The zero-order chi connectivity index (χ0) is 18.0. The molecular formula is C17H17BrN4O2S. The van der Waals surface area contributed by atoms with E-state index in [4.69, 9.17) is 0 Å². The van der Waals surface area contributed by atoms with Gasteiger partial charge in [0.25, 0.3) is 5.91 Å². The summed E-state index contributed by atoms with van der Waals surface area (Å²) < 4.78 is 2.73. The number of carbonyl (C=O) groups excluding carboxylic acids is 2. The Morgan fingerprint density at radius 2 is 2.00 bits per heavy atom. The lowest BCUT2D eigenvalue weighted by Crippen LogP contribution is -2.27. The minimum absolute atomic E-state index is 0.140. The Kier molecular flexibility index (Phi) is 5.19. The van der Waals surface area contributed by atoms with Crippen molar-refractivity contribution in [1.29, 1.82) is 0 Å². The first-order valence-electron chi connectivity index (χ1n) is 7.71. The molecule has 0 aliphatic rings. The van der Waals surface area contributed by atoms with Gasteiger partial charge < -0.3 is 10.6 Å². The summed E-state index contributed by atoms with van der Waals surface area (Å²) in [4.78, 5) is 25.8. The molecule has 0 fully saturated rings. The van der Waals surface area contributed by atoms with Crippen molar-refractivity contribution < 1.29 is 9.59 Å². The number of nitrogens with one attached hydrogen (secondary N) is 2. The van der Waals surface area contributed by atoms with Crippen molar-refractivity contribution in [3.63, 3.8) is 0 Å². The molecule has 130 valence electrons. The van der Waals surface area contributed by atoms with Crippen LogP contribution in [0.2, 0.25) is 0 Å². The summed E-state index contributed by atoms with van der Waals surface area (Å²) in [5.74, 6) is -0.309. The van der Waals surface area contributed by atoms with E-state index in [1.165, 1.54) is 11.3 Å². The van der Waals surface area contributed by atoms with E-state index in [0.717, 1.165) is 26.1 Å². The van der Waals surface area contributed by atoms with Crippen LogP contribution in [0, 0.1) is 6.92 Å². The van der Waals surface area contributed by atoms with Crippen LogP contribution in [0.3, 0.4) is 0 Å². The van der Waals surface area contributed by atoms with Gasteiger partial charge in [-0.3, -0.25) is 14.3 Å². The Hall–Kier alpha value is -2.19. The summed E-state index contributed by atoms with van der Waals surface area (Å²) in [6.45, 7) is 2.20. The third-order valence-corrected chi connectivity index (χ3v) is 5.41. The van der Waals surface area contributed by atoms with Crippen molar-refractivity contribution in [3.05, 3.63) is 45.4 Å². The first kappa shape index (κ1) is 17.6. The highest BCUT2D eigenvalue weighted by Crippen LogP contribution is 2.27. The molecule has 3 rings (SSSR count). The van der Waals surface area contributed by atoms with E-state index in [2.05, 4.69) is 31.7 Å². The fourth-order valence-electron chi connectivity index (χ4n) is 2.45. The number of aromatic nitrogens is 2. The molecule has 0 unspecified atom stereocenters. The molecule has 2 aromatic heterocycles. The predicted molar refractivity (Wildman–Crippen MR) is 103 cm³/mol. The van der Waals surface area contributed by atoms with Crippen LogP contribution >= 0.6 is 27.3 Å². The third kappa shape index (κ3) is 4.08. The zero-order valence-corrected chi connectivity index (χ0v) is 16.2. The molecule has 0 aliphatic carbocycles. The van der Waals surface area contributed by atoms with Gasteiger partial charge in [-0.1, -0.05) is 15.9 Å². The van der Waals surface area contributed by atoms with Gasteiger partial charge in [-0.05, 0) is 37.3 Å². The van der Waals surface area contributed by atoms with Gasteiger partial charge in [-0.25, -0.2) is 0 Å². The number of amides is 2. The maximum Gasteiger partial charge on any atom is 0.261 e. The van der Waals surface area contributed by atoms with E-state index in [1.807, 2.05) is 44.3 Å². The second kappa shape index (κ2) is 7.37. The molecule has 2 amide bonds. The predicted octanol–water partition coefficient (Wildman–Crippen LogP) is 3.46. The number of fused-ring (bicyclic) bond motifs is 1. The molecule has 2 heterocycles. The highest BCUT2D eigenvalue weighted by molar-refractivity contribution is 9.10. The Balaban J connectivity index is 1.52. The van der Waals surface area contributed by atoms with Crippen molar-refractivity contribution in [2.45, 2.75) is 13.3 Å². The summed E-state index contributed by atoms with van der Waals surface area (Å²) in [6, 6.07) is 9.19. The summed E-state index contributed by atoms with van der Waals surface area (Å²) in [7, 11) is 1.86. The van der Waals surface area contributed by atoms with Gasteiger partial charge in [0.15, 0.2) is 0 Å². The number of carbonyl (C=O) groups is 2. The summed E-state index contributed by atoms with van der Waals surface area (Å²) in [5.41, 5.74) is 1.63. The van der Waals surface area contributed by atoms with E-state index in [0.29, 0.717) is 4.88 Å². The van der Waals surface area contributed by atoms with E-state index in [1.54, 1.807) is 4.68 Å². The van der Waals surface area contributed by atoms with Gasteiger partial charge >= 0.3 is 0 Å². The van der Waals surface area contributed by atoms with Crippen LogP contribution in [0.4, 0.5) is 5.69 Å². The standard InChI is InChI=1S/C17H17BrN4O2S/c1-10-13-9-14(25-17(13)22(2)21-10)16(24)19-8-7-15(23)20-12-5-3-11(18)4-6-12/h3-6,9H,7-8H2,1-2H3,(H,19,24)(H,20,23). The van der Waals surface area contributed by atoms with Gasteiger partial charge in [0.05, 0.1) is 10.6 Å². The van der Waals surface area contributed by atoms with Crippen molar-refractivity contribution in [1.82, 2.24) is 15.1 Å². The van der Waals surface area contributed by atoms with Gasteiger partial charge in [0.1, 0.15) is 4.83 Å². The lowest BCUT2D eigenvalue weighted by Gasteiger charge is -2.06. The molecule has 0 saturated carbocycles. The Labute approximate surface area is 157 Å². The molecule has 0 spiro atoms. The smallest absolute Gasteiger partial charge is 0.261 e. The van der Waals surface area contributed by atoms with Crippen molar-refractivity contribution >= 4 is 55.0 Å². The minimum atomic E-state index is -0.169. The van der Waals surface area contributed by atoms with Gasteiger partial charge in [-0.15, -0.1) is 11.3 Å². The van der Waals surface area contributed by atoms with Crippen LogP contribution in [0.15, 0.2) is 34.8 Å². The maximum atomic E-state index is 12.2. The molecule has 25 heavy (non-hydrogen) atoms. The molecule has 0 atom stereocenters. The molecule has 6 nitrogen and oxygen atoms in total. The summed E-state index contributed by atoms with van der Waals surface area (Å²) in [5, 5.41) is 10.9. The topological polar surface area (TPSA) is 76.0 Å². The number of hydrogen-bond donors (Lipinski definition) is 2. The number of aryl methyl sites for hydroxylation is 2. The van der Waals surface area contributed by atoms with Crippen LogP contribution < -0.4 is 10.6 Å². The highest BCUT2D eigenvalue weighted by atomic mass is 79.9. The summed E-state index contributed by atoms with van der Waals surface area (Å²) in [6.07, 6.45) is 0.216. The number of nitrogens with zero attached hydrogens (tertiary/aromatic N) is 2. The van der Waals surface area contributed by atoms with Crippen LogP contribution in [-0.2, 0) is 11.8 Å². The van der Waals surface area contributed by atoms with Crippen LogP contribution in [0.25, 0.3) is 10.2 Å². The second-order valence-electron chi connectivity index (χ2n) is 5.60. The lowest BCUT2D eigenvalue weighted by atomic mass is 10.3. The Bertz CT molecular complexity index is 896. The number of rotatable bonds is 5. The molecule has 3 aromatic rings. The quantitative estimate of drug-likeness (QED) is 0.663. The van der Waals surface area contributed by atoms with Gasteiger partial charge in [0.2, 0.25) is 5.91 Å². The van der Waals surface area contributed by atoms with Crippen LogP contribution in [0.1, 0.15) is 21.8 Å². The molecule has 0 aliphatic heterocycles. The van der Waals surface area contributed by atoms with Crippen LogP contribution in [-0.4, -0.2) is 28.1 Å². The zero-order valence-electron chi connectivity index (χ0n) is 13.8. The molecule has 1 aromatic carbocycles. The van der Waals surface area contributed by atoms with Gasteiger partial charge in [0, 0.05) is 35.6 Å². The molecule has 8 heteroatoms. The van der Waals surface area contributed by atoms with E-state index >= 15 is 0 Å². The average molecular weight is 421 g/mol. The molecule has 2 N–H and O–H groups in total. The van der Waals surface area contributed by atoms with Crippen LogP contribution in [0.5, 0.6) is 0 Å². The monoisotopic (exact) mass is 420 g/mol. The average Bonchev–Trinajstić information content (AvgIpc) is 3.12. The van der Waals surface area contributed by atoms with Crippen molar-refractivity contribution in [3.8, 4) is 0 Å². The minimum Gasteiger partial charge on any atom is -0.351 e. The summed E-state index contributed by atoms with van der Waals surface area (Å²) >= 11 is 4.74. The first-order valence-corrected chi connectivity index (χ1v) is 9.32. The van der Waals surface area contributed by atoms with Crippen molar-refractivity contribution in [2.75, 3.05) is 11.9 Å². The number of halogens is 1. The molecule has 0 bridgehead atoms. The SMILES string of the molecule is Cc1nn(C)c2sc(C(=O)NCCC(=O)Nc3ccc(Br)cc3)cc12. The van der Waals surface area contributed by atoms with E-state index < -0.39 is 0 Å². The lowest BCUT2D eigenvalue weighted by molar-refractivity contribution is -0.116. The number of anilines is 1. The van der Waals surface area contributed by atoms with E-state index in [-0.39, 0.29) is 24.8 Å². The Morgan fingerprint density at radius 1 is 1.28 bits per heavy atom. The largest absolute Gasteiger partial charge is 0.351 e. The maximum absolute atomic E-state index is 12.2. The Morgan fingerprint density at radius 3 is 2.68 bits per heavy atom. The molecule has 0 saturated heterocycles. The number of benzene rings is 1. The normalized spacial score (nSPS) is 10.8.